The van der Waals surface area contributed by atoms with Crippen LogP contribution in [0.3, 0.4) is 0 Å². The first-order valence-electron chi connectivity index (χ1n) is 6.40. The van der Waals surface area contributed by atoms with Crippen LogP contribution in [0.2, 0.25) is 0 Å². The topological polar surface area (TPSA) is 59.0 Å². The summed E-state index contributed by atoms with van der Waals surface area (Å²) in [6.45, 7) is 0. The molecule has 0 atom stereocenters. The maximum absolute atomic E-state index is 12.9. The minimum absolute atomic E-state index is 0.250. The Morgan fingerprint density at radius 2 is 1.95 bits per heavy atom. The number of halogens is 1. The molecule has 3 rings (SSSR count). The van der Waals surface area contributed by atoms with E-state index in [0.29, 0.717) is 22.1 Å². The van der Waals surface area contributed by atoms with Gasteiger partial charge in [0.15, 0.2) is 5.13 Å². The molecular formula is C15H11FN4OS. The highest BCUT2D eigenvalue weighted by Gasteiger charge is 2.17. The van der Waals surface area contributed by atoms with Gasteiger partial charge in [-0.15, -0.1) is 11.3 Å². The first-order chi connectivity index (χ1) is 10.6. The lowest BCUT2D eigenvalue weighted by molar-refractivity contribution is 0.0993. The van der Waals surface area contributed by atoms with Crippen molar-refractivity contribution in [3.63, 3.8) is 0 Å². The van der Waals surface area contributed by atoms with Gasteiger partial charge in [-0.25, -0.2) is 9.37 Å². The van der Waals surface area contributed by atoms with Crippen molar-refractivity contribution in [2.45, 2.75) is 0 Å². The van der Waals surface area contributed by atoms with Crippen LogP contribution in [0.5, 0.6) is 0 Å². The van der Waals surface area contributed by atoms with Crippen LogP contribution in [0.25, 0.3) is 11.4 Å². The molecule has 1 amide bonds. The molecule has 2 aromatic heterocycles. The van der Waals surface area contributed by atoms with Gasteiger partial charge in [0.2, 0.25) is 0 Å². The van der Waals surface area contributed by atoms with Crippen LogP contribution in [-0.4, -0.2) is 27.9 Å². The van der Waals surface area contributed by atoms with E-state index in [9.17, 15) is 9.18 Å². The number of carbonyl (C=O) groups excluding carboxylic acids is 1. The minimum atomic E-state index is -0.376. The molecule has 110 valence electrons. The monoisotopic (exact) mass is 314 g/mol. The van der Waals surface area contributed by atoms with Crippen molar-refractivity contribution in [3.05, 3.63) is 59.6 Å². The maximum Gasteiger partial charge on any atom is 0.259 e. The standard InChI is InChI=1S/C15H11FN4OS/c1-20(14(21)10-2-4-11(16)5-3-10)15-19-13(9-22-15)12-8-17-6-7-18-12/h2-9H,1H3. The molecule has 0 radical (unpaired) electrons. The maximum atomic E-state index is 12.9. The van der Waals surface area contributed by atoms with E-state index in [1.54, 1.807) is 25.6 Å². The van der Waals surface area contributed by atoms with Crippen LogP contribution >= 0.6 is 11.3 Å². The van der Waals surface area contributed by atoms with Gasteiger partial charge in [0, 0.05) is 30.4 Å². The Bertz CT molecular complexity index is 789. The molecule has 1 aromatic carbocycles. The van der Waals surface area contributed by atoms with Gasteiger partial charge in [-0.1, -0.05) is 0 Å². The van der Waals surface area contributed by atoms with Gasteiger partial charge in [0.25, 0.3) is 5.91 Å². The fraction of sp³-hybridized carbons (Fsp3) is 0.0667. The van der Waals surface area contributed by atoms with Crippen LogP contribution in [0, 0.1) is 5.82 Å². The van der Waals surface area contributed by atoms with Crippen LogP contribution in [0.4, 0.5) is 9.52 Å². The largest absolute Gasteiger partial charge is 0.287 e. The van der Waals surface area contributed by atoms with Crippen LogP contribution in [-0.2, 0) is 0 Å². The summed E-state index contributed by atoms with van der Waals surface area (Å²) >= 11 is 1.33. The van der Waals surface area contributed by atoms with Crippen molar-refractivity contribution in [1.82, 2.24) is 15.0 Å². The fourth-order valence-corrected chi connectivity index (χ4v) is 2.62. The summed E-state index contributed by atoms with van der Waals surface area (Å²) < 4.78 is 12.9. The number of thiazole rings is 1. The lowest BCUT2D eigenvalue weighted by Gasteiger charge is -2.13. The van der Waals surface area contributed by atoms with E-state index in [1.165, 1.54) is 40.5 Å². The van der Waals surface area contributed by atoms with Crippen molar-refractivity contribution < 1.29 is 9.18 Å². The van der Waals surface area contributed by atoms with Gasteiger partial charge in [-0.2, -0.15) is 0 Å². The first kappa shape index (κ1) is 14.3. The Kier molecular flexibility index (Phi) is 3.88. The number of carbonyl (C=O) groups is 1. The minimum Gasteiger partial charge on any atom is -0.287 e. The molecule has 2 heterocycles. The summed E-state index contributed by atoms with van der Waals surface area (Å²) in [6, 6.07) is 5.42. The van der Waals surface area contributed by atoms with Gasteiger partial charge in [0.1, 0.15) is 17.2 Å². The molecule has 0 aliphatic rings. The second kappa shape index (κ2) is 5.98. The second-order valence-electron chi connectivity index (χ2n) is 4.48. The number of nitrogens with zero attached hydrogens (tertiary/aromatic N) is 4. The SMILES string of the molecule is CN(C(=O)c1ccc(F)cc1)c1nc(-c2cnccn2)cs1. The number of hydrogen-bond donors (Lipinski definition) is 0. The van der Waals surface area contributed by atoms with Gasteiger partial charge in [-0.05, 0) is 24.3 Å². The highest BCUT2D eigenvalue weighted by Crippen LogP contribution is 2.26. The Morgan fingerprint density at radius 1 is 1.18 bits per heavy atom. The fourth-order valence-electron chi connectivity index (χ4n) is 1.84. The Labute approximate surface area is 130 Å². The normalized spacial score (nSPS) is 10.5. The molecule has 0 saturated carbocycles. The molecule has 3 aromatic rings. The third kappa shape index (κ3) is 2.84. The molecule has 0 aliphatic heterocycles. The number of amides is 1. The number of anilines is 1. The van der Waals surface area contributed by atoms with E-state index < -0.39 is 0 Å². The zero-order valence-electron chi connectivity index (χ0n) is 11.6. The molecule has 0 unspecified atom stereocenters. The number of aromatic nitrogens is 3. The van der Waals surface area contributed by atoms with E-state index in [0.717, 1.165) is 0 Å². The summed E-state index contributed by atoms with van der Waals surface area (Å²) in [4.78, 5) is 26.3. The molecule has 0 spiro atoms. The van der Waals surface area contributed by atoms with Crippen molar-refractivity contribution in [2.24, 2.45) is 0 Å². The van der Waals surface area contributed by atoms with E-state index in [4.69, 9.17) is 0 Å². The molecule has 0 N–H and O–H groups in total. The van der Waals surface area contributed by atoms with E-state index >= 15 is 0 Å². The summed E-state index contributed by atoms with van der Waals surface area (Å²) in [7, 11) is 1.63. The summed E-state index contributed by atoms with van der Waals surface area (Å²) in [6.07, 6.45) is 4.78. The molecular weight excluding hydrogens is 303 g/mol. The van der Waals surface area contributed by atoms with Crippen molar-refractivity contribution >= 4 is 22.4 Å². The Morgan fingerprint density at radius 3 is 2.64 bits per heavy atom. The predicted molar refractivity (Wildman–Crippen MR) is 82.3 cm³/mol. The highest BCUT2D eigenvalue weighted by molar-refractivity contribution is 7.14. The van der Waals surface area contributed by atoms with Crippen LogP contribution in [0.1, 0.15) is 10.4 Å². The Hall–Kier alpha value is -2.67. The molecule has 0 saturated heterocycles. The van der Waals surface area contributed by atoms with Crippen molar-refractivity contribution in [1.29, 1.82) is 0 Å². The predicted octanol–water partition coefficient (Wildman–Crippen LogP) is 3.02. The average molecular weight is 314 g/mol. The first-order valence-corrected chi connectivity index (χ1v) is 7.28. The van der Waals surface area contributed by atoms with Gasteiger partial charge in [-0.3, -0.25) is 19.7 Å². The summed E-state index contributed by atoms with van der Waals surface area (Å²) in [5.41, 5.74) is 1.71. The molecule has 7 heteroatoms. The molecule has 22 heavy (non-hydrogen) atoms. The number of rotatable bonds is 3. The zero-order chi connectivity index (χ0) is 15.5. The number of hydrogen-bond acceptors (Lipinski definition) is 5. The number of benzene rings is 1. The summed E-state index contributed by atoms with van der Waals surface area (Å²) in [5.74, 6) is -0.626. The van der Waals surface area contributed by atoms with Crippen molar-refractivity contribution in [2.75, 3.05) is 11.9 Å². The van der Waals surface area contributed by atoms with E-state index in [1.807, 2.05) is 5.38 Å². The summed E-state index contributed by atoms with van der Waals surface area (Å²) in [5, 5.41) is 2.35. The van der Waals surface area contributed by atoms with E-state index in [2.05, 4.69) is 15.0 Å². The van der Waals surface area contributed by atoms with Crippen LogP contribution in [0.15, 0.2) is 48.2 Å². The molecule has 0 bridgehead atoms. The van der Waals surface area contributed by atoms with E-state index in [-0.39, 0.29) is 11.7 Å². The van der Waals surface area contributed by atoms with Crippen LogP contribution < -0.4 is 4.90 Å². The smallest absolute Gasteiger partial charge is 0.259 e. The second-order valence-corrected chi connectivity index (χ2v) is 5.31. The Balaban J connectivity index is 1.83. The molecule has 0 aliphatic carbocycles. The average Bonchev–Trinajstić information content (AvgIpc) is 3.05. The molecule has 0 fully saturated rings. The third-order valence-corrected chi connectivity index (χ3v) is 3.92. The molecule has 5 nitrogen and oxygen atoms in total. The lowest BCUT2D eigenvalue weighted by Crippen LogP contribution is -2.26. The van der Waals surface area contributed by atoms with Gasteiger partial charge in [0.05, 0.1) is 6.20 Å². The lowest BCUT2D eigenvalue weighted by atomic mass is 10.2. The zero-order valence-corrected chi connectivity index (χ0v) is 12.4. The van der Waals surface area contributed by atoms with Crippen molar-refractivity contribution in [3.8, 4) is 11.4 Å². The highest BCUT2D eigenvalue weighted by atomic mass is 32.1. The van der Waals surface area contributed by atoms with Gasteiger partial charge < -0.3 is 0 Å². The quantitative estimate of drug-likeness (QED) is 0.745. The third-order valence-electron chi connectivity index (χ3n) is 3.00. The van der Waals surface area contributed by atoms with Gasteiger partial charge >= 0.3 is 0 Å².